The summed E-state index contributed by atoms with van der Waals surface area (Å²) in [4.78, 5) is 28.3. The van der Waals surface area contributed by atoms with Gasteiger partial charge in [0.25, 0.3) is 5.78 Å². The van der Waals surface area contributed by atoms with Crippen molar-refractivity contribution < 1.29 is 4.79 Å². The Bertz CT molecular complexity index is 1190. The molecule has 0 unspecified atom stereocenters. The molecule has 0 spiro atoms. The van der Waals surface area contributed by atoms with Gasteiger partial charge in [-0.25, -0.2) is 14.5 Å². The largest absolute Gasteiger partial charge is 0.343 e. The van der Waals surface area contributed by atoms with Crippen molar-refractivity contribution in [1.82, 2.24) is 29.5 Å². The van der Waals surface area contributed by atoms with E-state index in [1.54, 1.807) is 15.9 Å². The monoisotopic (exact) mass is 420 g/mol. The summed E-state index contributed by atoms with van der Waals surface area (Å²) in [5.74, 6) is 1.28. The van der Waals surface area contributed by atoms with Gasteiger partial charge in [0.15, 0.2) is 0 Å². The molecule has 30 heavy (non-hydrogen) atoms. The molecular formula is C22H24N6OS. The van der Waals surface area contributed by atoms with Crippen LogP contribution in [0.25, 0.3) is 16.0 Å². The van der Waals surface area contributed by atoms with Gasteiger partial charge in [-0.05, 0) is 50.8 Å². The van der Waals surface area contributed by atoms with Crippen LogP contribution in [0.4, 0.5) is 0 Å². The van der Waals surface area contributed by atoms with E-state index < -0.39 is 0 Å². The van der Waals surface area contributed by atoms with Gasteiger partial charge in [0.1, 0.15) is 6.33 Å². The Morgan fingerprint density at radius 3 is 2.77 bits per heavy atom. The third-order valence-electron chi connectivity index (χ3n) is 6.08. The lowest BCUT2D eigenvalue weighted by Gasteiger charge is -2.31. The average molecular weight is 421 g/mol. The van der Waals surface area contributed by atoms with Crippen LogP contribution in [0.3, 0.4) is 0 Å². The Morgan fingerprint density at radius 2 is 1.97 bits per heavy atom. The SMILES string of the molecule is Cc1nc2ncnn2c(C)c1CCC(=O)N1CCC(c2nc3ccccc3s2)CC1. The van der Waals surface area contributed by atoms with Crippen LogP contribution >= 0.6 is 11.3 Å². The van der Waals surface area contributed by atoms with Gasteiger partial charge in [0.2, 0.25) is 5.91 Å². The van der Waals surface area contributed by atoms with E-state index in [1.165, 1.54) is 16.0 Å². The summed E-state index contributed by atoms with van der Waals surface area (Å²) >= 11 is 1.79. The first-order valence-corrected chi connectivity index (χ1v) is 11.2. The summed E-state index contributed by atoms with van der Waals surface area (Å²) in [6.45, 7) is 5.60. The summed E-state index contributed by atoms with van der Waals surface area (Å²) in [5, 5.41) is 5.44. The molecule has 1 amide bonds. The van der Waals surface area contributed by atoms with Crippen molar-refractivity contribution in [2.75, 3.05) is 13.1 Å². The molecule has 1 fully saturated rings. The van der Waals surface area contributed by atoms with Crippen molar-refractivity contribution in [1.29, 1.82) is 0 Å². The lowest BCUT2D eigenvalue weighted by Crippen LogP contribution is -2.38. The molecule has 8 heteroatoms. The molecule has 3 aromatic heterocycles. The van der Waals surface area contributed by atoms with Crippen LogP contribution in [0.15, 0.2) is 30.6 Å². The summed E-state index contributed by atoms with van der Waals surface area (Å²) in [7, 11) is 0. The van der Waals surface area contributed by atoms with E-state index in [0.29, 0.717) is 24.5 Å². The Hall–Kier alpha value is -2.87. The van der Waals surface area contributed by atoms with Crippen LogP contribution in [-0.4, -0.2) is 48.5 Å². The second-order valence-corrected chi connectivity index (χ2v) is 8.97. The molecule has 0 radical (unpaired) electrons. The number of hydrogen-bond donors (Lipinski definition) is 0. The Balaban J connectivity index is 1.21. The first-order chi connectivity index (χ1) is 14.6. The van der Waals surface area contributed by atoms with Crippen LogP contribution in [0.2, 0.25) is 0 Å². The van der Waals surface area contributed by atoms with Crippen LogP contribution in [0.5, 0.6) is 0 Å². The van der Waals surface area contributed by atoms with Gasteiger partial charge in [0, 0.05) is 36.8 Å². The van der Waals surface area contributed by atoms with Crippen molar-refractivity contribution in [2.45, 2.75) is 45.4 Å². The molecule has 1 aromatic carbocycles. The van der Waals surface area contributed by atoms with Gasteiger partial charge in [-0.1, -0.05) is 12.1 Å². The van der Waals surface area contributed by atoms with E-state index in [2.05, 4.69) is 33.3 Å². The first-order valence-electron chi connectivity index (χ1n) is 10.4. The van der Waals surface area contributed by atoms with Crippen molar-refractivity contribution in [2.24, 2.45) is 0 Å². The van der Waals surface area contributed by atoms with Gasteiger partial charge < -0.3 is 4.90 Å². The normalized spacial score (nSPS) is 15.3. The molecule has 0 saturated carbocycles. The number of likely N-dealkylation sites (tertiary alicyclic amines) is 1. The number of amides is 1. The van der Waals surface area contributed by atoms with Crippen LogP contribution in [-0.2, 0) is 11.2 Å². The zero-order valence-corrected chi connectivity index (χ0v) is 18.0. The standard InChI is InChI=1S/C22H24N6OS/c1-14-17(15(2)28-22(25-14)23-13-24-28)7-8-20(29)27-11-9-16(10-12-27)21-26-18-5-3-4-6-19(18)30-21/h3-6,13,16H,7-12H2,1-2H3. The Kier molecular flexibility index (Phi) is 4.94. The fraction of sp³-hybridized carbons (Fsp3) is 0.409. The number of nitrogens with zero attached hydrogens (tertiary/aromatic N) is 6. The van der Waals surface area contributed by atoms with E-state index in [4.69, 9.17) is 4.98 Å². The van der Waals surface area contributed by atoms with Crippen LogP contribution in [0, 0.1) is 13.8 Å². The number of hydrogen-bond acceptors (Lipinski definition) is 6. The summed E-state index contributed by atoms with van der Waals surface area (Å²) < 4.78 is 2.99. The number of aromatic nitrogens is 5. The lowest BCUT2D eigenvalue weighted by atomic mass is 9.97. The second kappa shape index (κ2) is 7.75. The Morgan fingerprint density at radius 1 is 1.17 bits per heavy atom. The first kappa shape index (κ1) is 19.1. The molecule has 1 aliphatic heterocycles. The number of carbonyl (C=O) groups excluding carboxylic acids is 1. The third-order valence-corrected chi connectivity index (χ3v) is 7.28. The maximum atomic E-state index is 12.8. The highest BCUT2D eigenvalue weighted by Gasteiger charge is 2.26. The predicted octanol–water partition coefficient (Wildman–Crippen LogP) is 3.69. The molecule has 154 valence electrons. The smallest absolute Gasteiger partial charge is 0.252 e. The van der Waals surface area contributed by atoms with E-state index >= 15 is 0 Å². The fourth-order valence-electron chi connectivity index (χ4n) is 4.35. The number of para-hydroxylation sites is 1. The number of fused-ring (bicyclic) bond motifs is 2. The van der Waals surface area contributed by atoms with E-state index in [1.807, 2.05) is 24.8 Å². The van der Waals surface area contributed by atoms with Crippen molar-refractivity contribution in [3.63, 3.8) is 0 Å². The molecule has 0 N–H and O–H groups in total. The van der Waals surface area contributed by atoms with Gasteiger partial charge in [0.05, 0.1) is 15.2 Å². The molecule has 5 rings (SSSR count). The molecule has 1 saturated heterocycles. The molecule has 7 nitrogen and oxygen atoms in total. The van der Waals surface area contributed by atoms with Gasteiger partial charge in [-0.2, -0.15) is 10.1 Å². The van der Waals surface area contributed by atoms with E-state index in [9.17, 15) is 4.79 Å². The maximum Gasteiger partial charge on any atom is 0.252 e. The number of carbonyl (C=O) groups is 1. The highest BCUT2D eigenvalue weighted by molar-refractivity contribution is 7.18. The molecule has 0 aliphatic carbocycles. The molecular weight excluding hydrogens is 396 g/mol. The summed E-state index contributed by atoms with van der Waals surface area (Å²) in [5.41, 5.74) is 4.11. The quantitative estimate of drug-likeness (QED) is 0.503. The van der Waals surface area contributed by atoms with Crippen molar-refractivity contribution in [3.05, 3.63) is 52.6 Å². The van der Waals surface area contributed by atoms with E-state index in [0.717, 1.165) is 48.4 Å². The van der Waals surface area contributed by atoms with Gasteiger partial charge in [-0.3, -0.25) is 4.79 Å². The molecule has 4 aromatic rings. The highest BCUT2D eigenvalue weighted by Crippen LogP contribution is 2.34. The lowest BCUT2D eigenvalue weighted by molar-refractivity contribution is -0.132. The zero-order valence-electron chi connectivity index (χ0n) is 17.2. The highest BCUT2D eigenvalue weighted by atomic mass is 32.1. The minimum absolute atomic E-state index is 0.218. The van der Waals surface area contributed by atoms with Crippen molar-refractivity contribution in [3.8, 4) is 0 Å². The number of benzene rings is 1. The fourth-order valence-corrected chi connectivity index (χ4v) is 5.48. The second-order valence-electron chi connectivity index (χ2n) is 7.91. The number of aryl methyl sites for hydroxylation is 2. The molecule has 0 atom stereocenters. The topological polar surface area (TPSA) is 76.3 Å². The number of piperidine rings is 1. The van der Waals surface area contributed by atoms with Gasteiger partial charge in [-0.15, -0.1) is 11.3 Å². The number of thiazole rings is 1. The summed E-state index contributed by atoms with van der Waals surface area (Å²) in [6.07, 6.45) is 4.65. The van der Waals surface area contributed by atoms with Crippen LogP contribution < -0.4 is 0 Å². The zero-order chi connectivity index (χ0) is 20.7. The van der Waals surface area contributed by atoms with Crippen molar-refractivity contribution >= 4 is 33.2 Å². The molecule has 0 bridgehead atoms. The van der Waals surface area contributed by atoms with Gasteiger partial charge >= 0.3 is 0 Å². The average Bonchev–Trinajstić information content (AvgIpc) is 3.40. The third kappa shape index (κ3) is 3.45. The van der Waals surface area contributed by atoms with E-state index in [-0.39, 0.29) is 5.91 Å². The maximum absolute atomic E-state index is 12.8. The minimum atomic E-state index is 0.218. The Labute approximate surface area is 178 Å². The summed E-state index contributed by atoms with van der Waals surface area (Å²) in [6, 6.07) is 8.30. The predicted molar refractivity (Wildman–Crippen MR) is 117 cm³/mol. The molecule has 4 heterocycles. The van der Waals surface area contributed by atoms with Crippen LogP contribution in [0.1, 0.15) is 47.1 Å². The number of rotatable bonds is 4. The minimum Gasteiger partial charge on any atom is -0.343 e. The molecule has 1 aliphatic rings.